The zero-order valence-electron chi connectivity index (χ0n) is 10.9. The minimum Gasteiger partial charge on any atom is -0.507 e. The number of aromatic hydroxyl groups is 1. The van der Waals surface area contributed by atoms with Gasteiger partial charge in [0.1, 0.15) is 11.5 Å². The van der Waals surface area contributed by atoms with Gasteiger partial charge >= 0.3 is 6.18 Å². The number of methoxy groups -OCH3 is 1. The van der Waals surface area contributed by atoms with E-state index in [2.05, 4.69) is 0 Å². The molecule has 0 bridgehead atoms. The number of phenolic OH excluding ortho intramolecular Hbond substituents is 1. The zero-order valence-corrected chi connectivity index (χ0v) is 10.9. The average Bonchev–Trinajstić information content (AvgIpc) is 2.45. The fourth-order valence-electron chi connectivity index (χ4n) is 1.93. The van der Waals surface area contributed by atoms with Gasteiger partial charge in [0.05, 0.1) is 18.2 Å². The molecule has 0 spiro atoms. The van der Waals surface area contributed by atoms with Gasteiger partial charge in [-0.15, -0.1) is 0 Å². The third-order valence-corrected chi connectivity index (χ3v) is 3.00. The lowest BCUT2D eigenvalue weighted by atomic mass is 10.0. The molecule has 0 unspecified atom stereocenters. The summed E-state index contributed by atoms with van der Waals surface area (Å²) in [5.41, 5.74) is -0.202. The van der Waals surface area contributed by atoms with Crippen molar-refractivity contribution in [3.05, 3.63) is 47.5 Å². The van der Waals surface area contributed by atoms with Crippen LogP contribution in [-0.2, 0) is 6.18 Å². The molecule has 21 heavy (non-hydrogen) atoms. The van der Waals surface area contributed by atoms with Crippen molar-refractivity contribution >= 4 is 6.29 Å². The predicted molar refractivity (Wildman–Crippen MR) is 70.5 cm³/mol. The van der Waals surface area contributed by atoms with Crippen molar-refractivity contribution in [1.82, 2.24) is 0 Å². The lowest BCUT2D eigenvalue weighted by Crippen LogP contribution is -2.07. The Morgan fingerprint density at radius 1 is 1.10 bits per heavy atom. The topological polar surface area (TPSA) is 46.5 Å². The number of hydrogen-bond acceptors (Lipinski definition) is 3. The number of alkyl halides is 3. The molecule has 0 atom stereocenters. The number of ether oxygens (including phenoxy) is 1. The molecule has 2 rings (SSSR count). The molecule has 0 radical (unpaired) electrons. The summed E-state index contributed by atoms with van der Waals surface area (Å²) < 4.78 is 43.6. The van der Waals surface area contributed by atoms with Gasteiger partial charge in [0, 0.05) is 0 Å². The first-order chi connectivity index (χ1) is 9.86. The van der Waals surface area contributed by atoms with E-state index in [0.29, 0.717) is 11.8 Å². The van der Waals surface area contributed by atoms with Crippen LogP contribution in [0.15, 0.2) is 36.4 Å². The van der Waals surface area contributed by atoms with Crippen molar-refractivity contribution in [2.75, 3.05) is 7.11 Å². The van der Waals surface area contributed by atoms with Crippen LogP contribution in [0.4, 0.5) is 13.2 Å². The van der Waals surface area contributed by atoms with Gasteiger partial charge in [-0.05, 0) is 35.4 Å². The van der Waals surface area contributed by atoms with E-state index < -0.39 is 11.7 Å². The smallest absolute Gasteiger partial charge is 0.419 e. The van der Waals surface area contributed by atoms with E-state index in [1.807, 2.05) is 0 Å². The van der Waals surface area contributed by atoms with Crippen LogP contribution in [0.3, 0.4) is 0 Å². The number of phenols is 1. The van der Waals surface area contributed by atoms with Gasteiger partial charge in [-0.3, -0.25) is 4.79 Å². The van der Waals surface area contributed by atoms with Crippen LogP contribution in [0, 0.1) is 0 Å². The largest absolute Gasteiger partial charge is 0.507 e. The highest BCUT2D eigenvalue weighted by atomic mass is 19.4. The van der Waals surface area contributed by atoms with Crippen molar-refractivity contribution in [3.63, 3.8) is 0 Å². The molecular weight excluding hydrogens is 285 g/mol. The van der Waals surface area contributed by atoms with Gasteiger partial charge in [-0.2, -0.15) is 13.2 Å². The van der Waals surface area contributed by atoms with Gasteiger partial charge in [-0.1, -0.05) is 12.1 Å². The molecule has 0 aromatic heterocycles. The third kappa shape index (κ3) is 2.99. The summed E-state index contributed by atoms with van der Waals surface area (Å²) in [6.07, 6.45) is -4.08. The Labute approximate surface area is 118 Å². The highest BCUT2D eigenvalue weighted by molar-refractivity contribution is 5.81. The van der Waals surface area contributed by atoms with Crippen LogP contribution < -0.4 is 4.74 Å². The fraction of sp³-hybridized carbons (Fsp3) is 0.133. The molecule has 0 saturated heterocycles. The Bertz CT molecular complexity index is 678. The minimum atomic E-state index is -4.55. The zero-order chi connectivity index (χ0) is 15.6. The number of benzene rings is 2. The van der Waals surface area contributed by atoms with Crippen LogP contribution in [0.1, 0.15) is 15.9 Å². The van der Waals surface area contributed by atoms with Crippen molar-refractivity contribution < 1.29 is 27.8 Å². The van der Waals surface area contributed by atoms with E-state index in [1.54, 1.807) is 0 Å². The molecule has 2 aromatic rings. The van der Waals surface area contributed by atoms with Gasteiger partial charge < -0.3 is 9.84 Å². The number of hydrogen-bond donors (Lipinski definition) is 1. The Morgan fingerprint density at radius 3 is 2.24 bits per heavy atom. The van der Waals surface area contributed by atoms with Crippen molar-refractivity contribution in [3.8, 4) is 22.6 Å². The number of rotatable bonds is 3. The Kier molecular flexibility index (Phi) is 3.88. The molecule has 6 heteroatoms. The van der Waals surface area contributed by atoms with E-state index in [9.17, 15) is 23.1 Å². The molecule has 0 heterocycles. The lowest BCUT2D eigenvalue weighted by Gasteiger charge is -2.13. The van der Waals surface area contributed by atoms with Crippen LogP contribution in [0.5, 0.6) is 11.5 Å². The molecule has 2 aromatic carbocycles. The molecule has 0 saturated carbocycles. The maximum Gasteiger partial charge on any atom is 0.419 e. The molecule has 0 amide bonds. The van der Waals surface area contributed by atoms with Crippen molar-refractivity contribution in [1.29, 1.82) is 0 Å². The summed E-state index contributed by atoms with van der Waals surface area (Å²) in [4.78, 5) is 10.6. The van der Waals surface area contributed by atoms with Gasteiger partial charge in [-0.25, -0.2) is 0 Å². The lowest BCUT2D eigenvalue weighted by molar-refractivity contribution is -0.138. The number of carbonyl (C=O) groups excluding carboxylic acids is 1. The number of halogens is 3. The van der Waals surface area contributed by atoms with E-state index in [-0.39, 0.29) is 22.6 Å². The van der Waals surface area contributed by atoms with Gasteiger partial charge in [0.15, 0.2) is 6.29 Å². The summed E-state index contributed by atoms with van der Waals surface area (Å²) in [5.74, 6) is -0.563. The number of carbonyl (C=O) groups is 1. The van der Waals surface area contributed by atoms with Crippen molar-refractivity contribution in [2.45, 2.75) is 6.18 Å². The Morgan fingerprint density at radius 2 is 1.71 bits per heavy atom. The molecule has 3 nitrogen and oxygen atoms in total. The van der Waals surface area contributed by atoms with E-state index in [0.717, 1.165) is 13.2 Å². The average molecular weight is 296 g/mol. The molecular formula is C15H11F3O3. The van der Waals surface area contributed by atoms with Crippen LogP contribution in [0.25, 0.3) is 11.1 Å². The highest BCUT2D eigenvalue weighted by Crippen LogP contribution is 2.39. The van der Waals surface area contributed by atoms with E-state index >= 15 is 0 Å². The van der Waals surface area contributed by atoms with Crippen molar-refractivity contribution in [2.24, 2.45) is 0 Å². The highest BCUT2D eigenvalue weighted by Gasteiger charge is 2.34. The monoisotopic (exact) mass is 296 g/mol. The summed E-state index contributed by atoms with van der Waals surface area (Å²) in [5, 5.41) is 9.60. The first-order valence-corrected chi connectivity index (χ1v) is 5.90. The minimum absolute atomic E-state index is 0.0725. The second-order valence-electron chi connectivity index (χ2n) is 4.30. The first kappa shape index (κ1) is 14.9. The Hall–Kier alpha value is -2.50. The second-order valence-corrected chi connectivity index (χ2v) is 4.30. The van der Waals surface area contributed by atoms with Crippen LogP contribution in [-0.4, -0.2) is 18.5 Å². The number of aldehydes is 1. The first-order valence-electron chi connectivity index (χ1n) is 5.90. The molecule has 0 aliphatic heterocycles. The fourth-order valence-corrected chi connectivity index (χ4v) is 1.93. The summed E-state index contributed by atoms with van der Waals surface area (Å²) in [6, 6.07) is 7.65. The standard InChI is InChI=1S/C15H11F3O3/c1-21-14-5-4-9(6-12(14)15(16,17)18)10-2-3-11(8-19)13(20)7-10/h2-8,20H,1H3. The maximum atomic E-state index is 13.0. The third-order valence-electron chi connectivity index (χ3n) is 3.00. The SMILES string of the molecule is COc1ccc(-c2ccc(C=O)c(O)c2)cc1C(F)(F)F. The summed E-state index contributed by atoms with van der Waals surface area (Å²) >= 11 is 0. The van der Waals surface area contributed by atoms with Crippen LogP contribution >= 0.6 is 0 Å². The molecule has 1 N–H and O–H groups in total. The Balaban J connectivity index is 2.55. The predicted octanol–water partition coefficient (Wildman–Crippen LogP) is 3.90. The quantitative estimate of drug-likeness (QED) is 0.874. The maximum absolute atomic E-state index is 13.0. The normalized spacial score (nSPS) is 11.2. The van der Waals surface area contributed by atoms with Gasteiger partial charge in [0.25, 0.3) is 0 Å². The second kappa shape index (κ2) is 5.47. The molecule has 0 fully saturated rings. The summed E-state index contributed by atoms with van der Waals surface area (Å²) in [7, 11) is 1.16. The van der Waals surface area contributed by atoms with Gasteiger partial charge in [0.2, 0.25) is 0 Å². The summed E-state index contributed by atoms with van der Waals surface area (Å²) in [6.45, 7) is 0. The molecule has 110 valence electrons. The molecule has 0 aliphatic rings. The van der Waals surface area contributed by atoms with E-state index in [1.165, 1.54) is 30.3 Å². The van der Waals surface area contributed by atoms with Crippen LogP contribution in [0.2, 0.25) is 0 Å². The van der Waals surface area contributed by atoms with E-state index in [4.69, 9.17) is 4.74 Å². The molecule has 0 aliphatic carbocycles.